The fourth-order valence-corrected chi connectivity index (χ4v) is 3.90. The third-order valence-electron chi connectivity index (χ3n) is 5.32. The number of carbonyl (C=O) groups excluding carboxylic acids is 1. The van der Waals surface area contributed by atoms with Gasteiger partial charge in [0.05, 0.1) is 5.92 Å². The second-order valence-electron chi connectivity index (χ2n) is 10.00. The summed E-state index contributed by atoms with van der Waals surface area (Å²) in [6, 6.07) is 5.65. The maximum Gasteiger partial charge on any atom is 0.308 e. The van der Waals surface area contributed by atoms with E-state index in [1.54, 1.807) is 0 Å². The molecule has 3 N–H and O–H groups in total. The molecule has 2 unspecified atom stereocenters. The second-order valence-corrected chi connectivity index (χ2v) is 10.00. The largest absolute Gasteiger partial charge is 0.481 e. The molecule has 5 heteroatoms. The molecule has 0 saturated carbocycles. The van der Waals surface area contributed by atoms with Crippen molar-refractivity contribution < 1.29 is 14.7 Å². The van der Waals surface area contributed by atoms with Gasteiger partial charge in [-0.1, -0.05) is 41.5 Å². The summed E-state index contributed by atoms with van der Waals surface area (Å²) in [6.07, 6.45) is 2.28. The van der Waals surface area contributed by atoms with Gasteiger partial charge in [-0.15, -0.1) is 0 Å². The molecule has 1 saturated heterocycles. The molecule has 2 atom stereocenters. The van der Waals surface area contributed by atoms with Crippen molar-refractivity contribution in [2.24, 2.45) is 17.1 Å². The number of hydrogen-bond donors (Lipinski definition) is 2. The molecule has 1 aliphatic rings. The van der Waals surface area contributed by atoms with Crippen molar-refractivity contribution in [3.63, 3.8) is 0 Å². The van der Waals surface area contributed by atoms with Crippen molar-refractivity contribution in [3.05, 3.63) is 29.3 Å². The molecule has 1 amide bonds. The standard InChI is InChI=1S/C22H34N2O3/c1-21(2,3)13-18-17(20(26)27)8-7-9-24(18)16-11-14(19(23)25)10-15(12-16)22(4,5)6/h10-12,17-18H,7-9,13H2,1-6H3,(H2,23,25)(H,26,27). The monoisotopic (exact) mass is 374 g/mol. The zero-order valence-electron chi connectivity index (χ0n) is 17.5. The lowest BCUT2D eigenvalue weighted by molar-refractivity contribution is -0.143. The van der Waals surface area contributed by atoms with Crippen LogP contribution < -0.4 is 10.6 Å². The molecule has 5 nitrogen and oxygen atoms in total. The number of benzene rings is 1. The van der Waals surface area contributed by atoms with Crippen molar-refractivity contribution in [3.8, 4) is 0 Å². The minimum atomic E-state index is -0.740. The Morgan fingerprint density at radius 1 is 1.15 bits per heavy atom. The summed E-state index contributed by atoms with van der Waals surface area (Å²) in [5.74, 6) is -1.61. The number of primary amides is 1. The highest BCUT2D eigenvalue weighted by molar-refractivity contribution is 5.94. The molecule has 1 aliphatic heterocycles. The average Bonchev–Trinajstić information content (AvgIpc) is 2.52. The molecule has 2 rings (SSSR count). The number of anilines is 1. The van der Waals surface area contributed by atoms with Gasteiger partial charge < -0.3 is 15.7 Å². The summed E-state index contributed by atoms with van der Waals surface area (Å²) in [7, 11) is 0. The van der Waals surface area contributed by atoms with Crippen LogP contribution >= 0.6 is 0 Å². The van der Waals surface area contributed by atoms with Crippen LogP contribution in [0.15, 0.2) is 18.2 Å². The first kappa shape index (κ1) is 21.3. The molecule has 0 spiro atoms. The molecule has 1 aromatic rings. The van der Waals surface area contributed by atoms with Gasteiger partial charge in [0.25, 0.3) is 0 Å². The van der Waals surface area contributed by atoms with Crippen LogP contribution in [0.5, 0.6) is 0 Å². The van der Waals surface area contributed by atoms with Crippen molar-refractivity contribution >= 4 is 17.6 Å². The SMILES string of the molecule is CC(C)(C)CC1C(C(=O)O)CCCN1c1cc(C(N)=O)cc(C(C)(C)C)c1. The Morgan fingerprint density at radius 3 is 2.26 bits per heavy atom. The summed E-state index contributed by atoms with van der Waals surface area (Å²) >= 11 is 0. The predicted octanol–water partition coefficient (Wildman–Crippen LogP) is 4.19. The minimum absolute atomic E-state index is 0.00209. The van der Waals surface area contributed by atoms with Gasteiger partial charge >= 0.3 is 5.97 Å². The molecule has 1 fully saturated rings. The number of carboxylic acid groups (broad SMARTS) is 1. The number of nitrogens with zero attached hydrogens (tertiary/aromatic N) is 1. The molecule has 0 radical (unpaired) electrons. The molecular weight excluding hydrogens is 340 g/mol. The number of carbonyl (C=O) groups is 2. The molecule has 0 aliphatic carbocycles. The van der Waals surface area contributed by atoms with Crippen LogP contribution in [0.4, 0.5) is 5.69 Å². The van der Waals surface area contributed by atoms with Crippen LogP contribution in [0, 0.1) is 11.3 Å². The van der Waals surface area contributed by atoms with Gasteiger partial charge in [0, 0.05) is 23.8 Å². The lowest BCUT2D eigenvalue weighted by Crippen LogP contribution is -2.50. The number of piperidine rings is 1. The van der Waals surface area contributed by atoms with E-state index in [1.807, 2.05) is 12.1 Å². The Kier molecular flexibility index (Phi) is 5.93. The first-order valence-corrected chi connectivity index (χ1v) is 9.74. The Bertz CT molecular complexity index is 713. The zero-order chi connectivity index (χ0) is 20.6. The molecular formula is C22H34N2O3. The third-order valence-corrected chi connectivity index (χ3v) is 5.32. The lowest BCUT2D eigenvalue weighted by Gasteiger charge is -2.44. The van der Waals surface area contributed by atoms with E-state index in [2.05, 4.69) is 52.5 Å². The van der Waals surface area contributed by atoms with Gasteiger partial charge in [-0.05, 0) is 53.9 Å². The van der Waals surface area contributed by atoms with Crippen LogP contribution in [0.25, 0.3) is 0 Å². The van der Waals surface area contributed by atoms with E-state index < -0.39 is 17.8 Å². The fraction of sp³-hybridized carbons (Fsp3) is 0.636. The predicted molar refractivity (Wildman–Crippen MR) is 109 cm³/mol. The number of carboxylic acids is 1. The summed E-state index contributed by atoms with van der Waals surface area (Å²) < 4.78 is 0. The van der Waals surface area contributed by atoms with Gasteiger partial charge in [0.15, 0.2) is 0 Å². The molecule has 0 aromatic heterocycles. The van der Waals surface area contributed by atoms with Crippen molar-refractivity contribution in [1.29, 1.82) is 0 Å². The average molecular weight is 375 g/mol. The fourth-order valence-electron chi connectivity index (χ4n) is 3.90. The smallest absolute Gasteiger partial charge is 0.308 e. The Labute approximate surface area is 162 Å². The maximum atomic E-state index is 11.9. The maximum absolute atomic E-state index is 11.9. The van der Waals surface area contributed by atoms with Crippen molar-refractivity contribution in [1.82, 2.24) is 0 Å². The van der Waals surface area contributed by atoms with Crippen molar-refractivity contribution in [2.75, 3.05) is 11.4 Å². The quantitative estimate of drug-likeness (QED) is 0.828. The van der Waals surface area contributed by atoms with Gasteiger partial charge in [-0.25, -0.2) is 0 Å². The highest BCUT2D eigenvalue weighted by Gasteiger charge is 2.38. The third kappa shape index (κ3) is 5.24. The summed E-state index contributed by atoms with van der Waals surface area (Å²) in [4.78, 5) is 26.0. The topological polar surface area (TPSA) is 83.6 Å². The number of hydrogen-bond acceptors (Lipinski definition) is 3. The number of nitrogens with two attached hydrogens (primary N) is 1. The van der Waals surface area contributed by atoms with Gasteiger partial charge in [0.2, 0.25) is 5.91 Å². The molecule has 150 valence electrons. The first-order valence-electron chi connectivity index (χ1n) is 9.74. The minimum Gasteiger partial charge on any atom is -0.481 e. The van der Waals surface area contributed by atoms with Crippen molar-refractivity contribution in [2.45, 2.75) is 72.3 Å². The van der Waals surface area contributed by atoms with Gasteiger partial charge in [-0.2, -0.15) is 0 Å². The van der Waals surface area contributed by atoms with Gasteiger partial charge in [0.1, 0.15) is 0 Å². The Hall–Kier alpha value is -2.04. The first-order chi connectivity index (χ1) is 12.3. The summed E-state index contributed by atoms with van der Waals surface area (Å²) in [5, 5.41) is 9.80. The highest BCUT2D eigenvalue weighted by atomic mass is 16.4. The van der Waals surface area contributed by atoms with Crippen LogP contribution in [-0.4, -0.2) is 29.6 Å². The van der Waals surface area contributed by atoms with E-state index >= 15 is 0 Å². The van der Waals surface area contributed by atoms with Crippen LogP contribution in [0.2, 0.25) is 0 Å². The van der Waals surface area contributed by atoms with E-state index in [4.69, 9.17) is 5.73 Å². The number of amides is 1. The van der Waals surface area contributed by atoms with E-state index in [0.717, 1.165) is 30.6 Å². The molecule has 27 heavy (non-hydrogen) atoms. The number of rotatable bonds is 4. The molecule has 1 aromatic carbocycles. The Balaban J connectivity index is 2.56. The van der Waals surface area contributed by atoms with E-state index in [9.17, 15) is 14.7 Å². The number of aliphatic carboxylic acids is 1. The summed E-state index contributed by atoms with van der Waals surface area (Å²) in [6.45, 7) is 13.5. The molecule has 1 heterocycles. The van der Waals surface area contributed by atoms with E-state index in [-0.39, 0.29) is 16.9 Å². The second kappa shape index (κ2) is 7.53. The highest BCUT2D eigenvalue weighted by Crippen LogP contribution is 2.38. The van der Waals surface area contributed by atoms with E-state index in [0.29, 0.717) is 12.0 Å². The summed E-state index contributed by atoms with van der Waals surface area (Å²) in [5.41, 5.74) is 7.85. The lowest BCUT2D eigenvalue weighted by atomic mass is 9.78. The van der Waals surface area contributed by atoms with Gasteiger partial charge in [-0.3, -0.25) is 9.59 Å². The van der Waals surface area contributed by atoms with E-state index in [1.165, 1.54) is 0 Å². The van der Waals surface area contributed by atoms with Crippen LogP contribution in [0.1, 0.15) is 76.7 Å². The van der Waals surface area contributed by atoms with Crippen LogP contribution in [-0.2, 0) is 10.2 Å². The molecule has 0 bridgehead atoms. The normalized spacial score (nSPS) is 21.2. The Morgan fingerprint density at radius 2 is 1.78 bits per heavy atom. The zero-order valence-corrected chi connectivity index (χ0v) is 17.5. The van der Waals surface area contributed by atoms with Crippen LogP contribution in [0.3, 0.4) is 0 Å².